The number of carbonyl (C=O) groups is 1. The summed E-state index contributed by atoms with van der Waals surface area (Å²) in [4.78, 5) is 17.7. The number of benzene rings is 1. The molecular weight excluding hydrogens is 277 g/mol. The van der Waals surface area contributed by atoms with E-state index in [9.17, 15) is 9.18 Å². The molecule has 0 saturated heterocycles. The van der Waals surface area contributed by atoms with E-state index < -0.39 is 0 Å². The molecule has 20 heavy (non-hydrogen) atoms. The number of amides is 1. The number of hydrogen-bond donors (Lipinski definition) is 1. The Hall–Kier alpha value is -1.95. The van der Waals surface area contributed by atoms with Gasteiger partial charge in [-0.15, -0.1) is 11.3 Å². The van der Waals surface area contributed by atoms with Gasteiger partial charge in [0, 0.05) is 25.0 Å². The Bertz CT molecular complexity index is 595. The number of nitrogens with one attached hydrogen (secondary N) is 1. The highest BCUT2D eigenvalue weighted by Gasteiger charge is 2.16. The van der Waals surface area contributed by atoms with Crippen molar-refractivity contribution in [3.05, 3.63) is 35.5 Å². The Kier molecular flexibility index (Phi) is 4.34. The van der Waals surface area contributed by atoms with Gasteiger partial charge in [-0.2, -0.15) is 0 Å². The normalized spacial score (nSPS) is 12.0. The molecule has 0 bridgehead atoms. The van der Waals surface area contributed by atoms with Crippen molar-refractivity contribution in [1.29, 1.82) is 0 Å². The largest absolute Gasteiger partial charge is 0.350 e. The fourth-order valence-corrected chi connectivity index (χ4v) is 2.54. The molecule has 0 aliphatic heterocycles. The van der Waals surface area contributed by atoms with Crippen molar-refractivity contribution in [2.24, 2.45) is 0 Å². The van der Waals surface area contributed by atoms with E-state index >= 15 is 0 Å². The summed E-state index contributed by atoms with van der Waals surface area (Å²) in [5.41, 5.74) is 1.62. The number of likely N-dealkylation sites (N-methyl/N-ethyl adjacent to an activating group) is 1. The quantitative estimate of drug-likeness (QED) is 0.943. The number of halogens is 1. The van der Waals surface area contributed by atoms with Crippen molar-refractivity contribution in [3.63, 3.8) is 0 Å². The van der Waals surface area contributed by atoms with Gasteiger partial charge in [0.15, 0.2) is 5.13 Å². The van der Waals surface area contributed by atoms with Crippen molar-refractivity contribution < 1.29 is 9.18 Å². The molecule has 6 heteroatoms. The zero-order valence-electron chi connectivity index (χ0n) is 11.6. The summed E-state index contributed by atoms with van der Waals surface area (Å²) >= 11 is 1.42. The number of thiazole rings is 1. The van der Waals surface area contributed by atoms with Crippen LogP contribution in [0.5, 0.6) is 0 Å². The molecule has 0 aliphatic carbocycles. The first-order valence-corrected chi connectivity index (χ1v) is 7.04. The maximum absolute atomic E-state index is 12.9. The van der Waals surface area contributed by atoms with E-state index in [0.717, 1.165) is 11.3 Å². The lowest BCUT2D eigenvalue weighted by Gasteiger charge is -2.17. The molecule has 2 rings (SSSR count). The summed E-state index contributed by atoms with van der Waals surface area (Å²) in [5, 5.41) is 5.62. The molecule has 0 unspecified atom stereocenters. The van der Waals surface area contributed by atoms with Gasteiger partial charge in [0.2, 0.25) is 5.91 Å². The van der Waals surface area contributed by atoms with Crippen LogP contribution in [0.4, 0.5) is 9.52 Å². The Morgan fingerprint density at radius 1 is 1.35 bits per heavy atom. The van der Waals surface area contributed by atoms with Crippen LogP contribution in [0.15, 0.2) is 29.6 Å². The predicted octanol–water partition coefficient (Wildman–Crippen LogP) is 2.84. The van der Waals surface area contributed by atoms with Gasteiger partial charge < -0.3 is 10.2 Å². The van der Waals surface area contributed by atoms with Crippen LogP contribution in [0, 0.1) is 5.82 Å². The van der Waals surface area contributed by atoms with E-state index in [2.05, 4.69) is 10.3 Å². The van der Waals surface area contributed by atoms with Gasteiger partial charge in [-0.25, -0.2) is 9.37 Å². The fraction of sp³-hybridized carbons (Fsp3) is 0.286. The Balaban J connectivity index is 2.09. The molecule has 1 heterocycles. The first-order chi connectivity index (χ1) is 9.47. The third kappa shape index (κ3) is 3.33. The summed E-state index contributed by atoms with van der Waals surface area (Å²) in [7, 11) is 3.43. The molecule has 1 N–H and O–H groups in total. The molecule has 4 nitrogen and oxygen atoms in total. The van der Waals surface area contributed by atoms with Crippen LogP contribution in [0.2, 0.25) is 0 Å². The number of nitrogens with zero attached hydrogens (tertiary/aromatic N) is 2. The first-order valence-electron chi connectivity index (χ1n) is 6.16. The van der Waals surface area contributed by atoms with Crippen LogP contribution in [0.3, 0.4) is 0 Å². The van der Waals surface area contributed by atoms with Crippen molar-refractivity contribution in [2.75, 3.05) is 19.4 Å². The number of aromatic nitrogens is 1. The lowest BCUT2D eigenvalue weighted by Crippen LogP contribution is -2.36. The lowest BCUT2D eigenvalue weighted by atomic mass is 10.2. The lowest BCUT2D eigenvalue weighted by molar-refractivity contribution is -0.129. The zero-order valence-corrected chi connectivity index (χ0v) is 12.4. The summed E-state index contributed by atoms with van der Waals surface area (Å²) in [6.07, 6.45) is 0. The second kappa shape index (κ2) is 6.00. The maximum Gasteiger partial charge on any atom is 0.244 e. The van der Waals surface area contributed by atoms with Crippen LogP contribution >= 0.6 is 11.3 Å². The average Bonchev–Trinajstić information content (AvgIpc) is 2.87. The van der Waals surface area contributed by atoms with Gasteiger partial charge in [0.25, 0.3) is 0 Å². The first kappa shape index (κ1) is 14.5. The van der Waals surface area contributed by atoms with Crippen LogP contribution in [-0.2, 0) is 4.79 Å². The number of anilines is 1. The van der Waals surface area contributed by atoms with Gasteiger partial charge in [0.05, 0.1) is 5.69 Å². The van der Waals surface area contributed by atoms with Crippen molar-refractivity contribution in [2.45, 2.75) is 13.0 Å². The van der Waals surface area contributed by atoms with Crippen LogP contribution in [-0.4, -0.2) is 35.9 Å². The molecule has 1 amide bonds. The summed E-state index contributed by atoms with van der Waals surface area (Å²) in [6.45, 7) is 1.79. The summed E-state index contributed by atoms with van der Waals surface area (Å²) in [5.74, 6) is -0.281. The summed E-state index contributed by atoms with van der Waals surface area (Å²) < 4.78 is 12.9. The van der Waals surface area contributed by atoms with E-state index in [1.54, 1.807) is 33.2 Å². The van der Waals surface area contributed by atoms with Crippen molar-refractivity contribution in [1.82, 2.24) is 9.88 Å². The van der Waals surface area contributed by atoms with Gasteiger partial charge in [-0.05, 0) is 31.2 Å². The Morgan fingerprint density at radius 2 is 2.00 bits per heavy atom. The minimum absolute atomic E-state index is 0.0106. The average molecular weight is 293 g/mol. The van der Waals surface area contributed by atoms with E-state index in [4.69, 9.17) is 0 Å². The predicted molar refractivity (Wildman–Crippen MR) is 79.3 cm³/mol. The van der Waals surface area contributed by atoms with E-state index in [-0.39, 0.29) is 17.8 Å². The molecule has 106 valence electrons. The molecule has 1 aromatic carbocycles. The maximum atomic E-state index is 12.9. The van der Waals surface area contributed by atoms with E-state index in [1.165, 1.54) is 28.4 Å². The van der Waals surface area contributed by atoms with Gasteiger partial charge in [-0.1, -0.05) is 0 Å². The van der Waals surface area contributed by atoms with E-state index in [1.807, 2.05) is 5.38 Å². The highest BCUT2D eigenvalue weighted by molar-refractivity contribution is 7.14. The topological polar surface area (TPSA) is 45.2 Å². The fourth-order valence-electron chi connectivity index (χ4n) is 1.73. The third-order valence-corrected chi connectivity index (χ3v) is 3.57. The minimum Gasteiger partial charge on any atom is -0.350 e. The van der Waals surface area contributed by atoms with Crippen LogP contribution < -0.4 is 5.32 Å². The monoisotopic (exact) mass is 293 g/mol. The Morgan fingerprint density at radius 3 is 2.60 bits per heavy atom. The van der Waals surface area contributed by atoms with Gasteiger partial charge in [0.1, 0.15) is 11.9 Å². The molecule has 1 aromatic heterocycles. The highest BCUT2D eigenvalue weighted by Crippen LogP contribution is 2.25. The smallest absolute Gasteiger partial charge is 0.244 e. The minimum atomic E-state index is -0.336. The van der Waals surface area contributed by atoms with Crippen LogP contribution in [0.25, 0.3) is 11.3 Å². The SMILES string of the molecule is C[C@H](Nc1nc(-c2ccc(F)cc2)cs1)C(=O)N(C)C. The zero-order chi connectivity index (χ0) is 14.7. The third-order valence-electron chi connectivity index (χ3n) is 2.80. The molecule has 0 saturated carbocycles. The van der Waals surface area contributed by atoms with Gasteiger partial charge >= 0.3 is 0 Å². The standard InChI is InChI=1S/C14H16FN3OS/c1-9(13(19)18(2)3)16-14-17-12(8-20-14)10-4-6-11(15)7-5-10/h4-9H,1-3H3,(H,16,17)/t9-/m0/s1. The molecule has 0 aliphatic rings. The van der Waals surface area contributed by atoms with Gasteiger partial charge in [-0.3, -0.25) is 4.79 Å². The summed E-state index contributed by atoms with van der Waals surface area (Å²) in [6, 6.07) is 5.84. The molecule has 0 spiro atoms. The number of rotatable bonds is 4. The second-order valence-corrected chi connectivity index (χ2v) is 5.50. The molecular formula is C14H16FN3OS. The number of hydrogen-bond acceptors (Lipinski definition) is 4. The molecule has 0 radical (unpaired) electrons. The Labute approximate surface area is 121 Å². The molecule has 1 atom stereocenters. The van der Waals surface area contributed by atoms with Crippen molar-refractivity contribution >= 4 is 22.4 Å². The second-order valence-electron chi connectivity index (χ2n) is 4.64. The molecule has 0 fully saturated rings. The number of carbonyl (C=O) groups excluding carboxylic acids is 1. The molecule has 2 aromatic rings. The van der Waals surface area contributed by atoms with E-state index in [0.29, 0.717) is 5.13 Å². The van der Waals surface area contributed by atoms with Crippen LogP contribution in [0.1, 0.15) is 6.92 Å². The highest BCUT2D eigenvalue weighted by atomic mass is 32.1. The van der Waals surface area contributed by atoms with Crippen molar-refractivity contribution in [3.8, 4) is 11.3 Å².